The molecule has 154 valence electrons. The molecule has 1 aromatic heterocycles. The van der Waals surface area contributed by atoms with Gasteiger partial charge in [-0.3, -0.25) is 4.98 Å². The van der Waals surface area contributed by atoms with Gasteiger partial charge in [0.2, 0.25) is 0 Å². The quantitative estimate of drug-likeness (QED) is 0.860. The highest BCUT2D eigenvalue weighted by atomic mass is 16.6. The molecule has 0 spiro atoms. The topological polar surface area (TPSA) is 63.7 Å². The van der Waals surface area contributed by atoms with E-state index in [0.29, 0.717) is 19.1 Å². The summed E-state index contributed by atoms with van der Waals surface area (Å²) in [6, 6.07) is 10.9. The molecule has 4 rings (SSSR count). The maximum absolute atomic E-state index is 12.1. The normalized spacial score (nSPS) is 19.3. The number of fused-ring (bicyclic) bond motifs is 1. The van der Waals surface area contributed by atoms with Gasteiger partial charge in [-0.05, 0) is 44.7 Å². The number of ether oxygens (including phenoxy) is 2. The molecule has 1 unspecified atom stereocenters. The van der Waals surface area contributed by atoms with E-state index < -0.39 is 5.60 Å². The summed E-state index contributed by atoms with van der Waals surface area (Å²) in [5, 5.41) is 3.61. The number of nitrogens with zero attached hydrogens (tertiary/aromatic N) is 2. The van der Waals surface area contributed by atoms with Crippen LogP contribution in [0.3, 0.4) is 0 Å². The molecule has 0 bridgehead atoms. The number of benzene rings is 1. The lowest BCUT2D eigenvalue weighted by atomic mass is 9.92. The van der Waals surface area contributed by atoms with Gasteiger partial charge in [0.1, 0.15) is 17.5 Å². The van der Waals surface area contributed by atoms with E-state index in [0.717, 1.165) is 25.1 Å². The fourth-order valence-electron chi connectivity index (χ4n) is 3.78. The first-order valence-corrected chi connectivity index (χ1v) is 10.2. The molecule has 3 heterocycles. The van der Waals surface area contributed by atoms with Crippen LogP contribution < -0.4 is 10.1 Å². The van der Waals surface area contributed by atoms with Crippen LogP contribution in [-0.2, 0) is 24.1 Å². The molecule has 6 heteroatoms. The SMILES string of the molecule is CC(C)(C)OC(=O)N1CC(Oc2cncc3c2CC(Cc2ccccc2)NC3)C1. The highest BCUT2D eigenvalue weighted by Crippen LogP contribution is 2.29. The molecule has 0 saturated carbocycles. The number of amides is 1. The summed E-state index contributed by atoms with van der Waals surface area (Å²) < 4.78 is 11.6. The third-order valence-electron chi connectivity index (χ3n) is 5.26. The fourth-order valence-corrected chi connectivity index (χ4v) is 3.78. The van der Waals surface area contributed by atoms with Crippen LogP contribution in [-0.4, -0.2) is 46.8 Å². The van der Waals surface area contributed by atoms with Crippen molar-refractivity contribution in [1.29, 1.82) is 0 Å². The smallest absolute Gasteiger partial charge is 0.410 e. The summed E-state index contributed by atoms with van der Waals surface area (Å²) in [7, 11) is 0. The minimum absolute atomic E-state index is 0.0155. The second-order valence-electron chi connectivity index (χ2n) is 8.87. The van der Waals surface area contributed by atoms with Crippen molar-refractivity contribution in [3.8, 4) is 5.75 Å². The Morgan fingerprint density at radius 2 is 1.97 bits per heavy atom. The monoisotopic (exact) mass is 395 g/mol. The van der Waals surface area contributed by atoms with Crippen LogP contribution in [0.5, 0.6) is 5.75 Å². The average molecular weight is 396 g/mol. The van der Waals surface area contributed by atoms with Gasteiger partial charge in [-0.25, -0.2) is 4.79 Å². The Hall–Kier alpha value is -2.60. The van der Waals surface area contributed by atoms with Crippen LogP contribution in [0.25, 0.3) is 0 Å². The Balaban J connectivity index is 1.37. The third-order valence-corrected chi connectivity index (χ3v) is 5.26. The molecule has 1 amide bonds. The molecule has 2 aliphatic rings. The molecule has 2 aliphatic heterocycles. The van der Waals surface area contributed by atoms with Gasteiger partial charge in [0.05, 0.1) is 19.3 Å². The summed E-state index contributed by atoms with van der Waals surface area (Å²) in [6.07, 6.45) is 5.32. The number of nitrogens with one attached hydrogen (secondary N) is 1. The molecule has 0 aliphatic carbocycles. The highest BCUT2D eigenvalue weighted by Gasteiger charge is 2.36. The van der Waals surface area contributed by atoms with E-state index in [-0.39, 0.29) is 12.2 Å². The average Bonchev–Trinajstić information content (AvgIpc) is 2.64. The zero-order valence-electron chi connectivity index (χ0n) is 17.4. The van der Waals surface area contributed by atoms with Crippen LogP contribution in [0.4, 0.5) is 4.79 Å². The van der Waals surface area contributed by atoms with Crippen molar-refractivity contribution in [2.24, 2.45) is 0 Å². The molecular formula is C23H29N3O3. The Kier molecular flexibility index (Phi) is 5.46. The van der Waals surface area contributed by atoms with Crippen molar-refractivity contribution in [3.63, 3.8) is 0 Å². The van der Waals surface area contributed by atoms with Crippen LogP contribution in [0.2, 0.25) is 0 Å². The van der Waals surface area contributed by atoms with Crippen LogP contribution in [0, 0.1) is 0 Å². The molecule has 1 atom stereocenters. The minimum Gasteiger partial charge on any atom is -0.485 e. The maximum Gasteiger partial charge on any atom is 0.410 e. The van der Waals surface area contributed by atoms with Crippen molar-refractivity contribution >= 4 is 6.09 Å². The lowest BCUT2D eigenvalue weighted by molar-refractivity contribution is -0.0225. The molecular weight excluding hydrogens is 366 g/mol. The first-order valence-electron chi connectivity index (χ1n) is 10.2. The van der Waals surface area contributed by atoms with Crippen molar-refractivity contribution in [2.75, 3.05) is 13.1 Å². The molecule has 2 aromatic rings. The number of rotatable bonds is 4. The first-order chi connectivity index (χ1) is 13.9. The zero-order valence-corrected chi connectivity index (χ0v) is 17.4. The third kappa shape index (κ3) is 4.88. The van der Waals surface area contributed by atoms with Crippen molar-refractivity contribution < 1.29 is 14.3 Å². The van der Waals surface area contributed by atoms with Gasteiger partial charge >= 0.3 is 6.09 Å². The number of hydrogen-bond acceptors (Lipinski definition) is 5. The van der Waals surface area contributed by atoms with Crippen LogP contribution >= 0.6 is 0 Å². The molecule has 29 heavy (non-hydrogen) atoms. The molecule has 0 radical (unpaired) electrons. The van der Waals surface area contributed by atoms with Gasteiger partial charge in [0, 0.05) is 24.3 Å². The number of carbonyl (C=O) groups excluding carboxylic acids is 1. The second kappa shape index (κ2) is 8.03. The maximum atomic E-state index is 12.1. The van der Waals surface area contributed by atoms with E-state index in [4.69, 9.17) is 9.47 Å². The summed E-state index contributed by atoms with van der Waals surface area (Å²) in [4.78, 5) is 18.1. The molecule has 1 fully saturated rings. The highest BCUT2D eigenvalue weighted by molar-refractivity contribution is 5.69. The summed E-state index contributed by atoms with van der Waals surface area (Å²) >= 11 is 0. The largest absolute Gasteiger partial charge is 0.485 e. The van der Waals surface area contributed by atoms with E-state index in [1.54, 1.807) is 11.1 Å². The van der Waals surface area contributed by atoms with Gasteiger partial charge < -0.3 is 19.7 Å². The van der Waals surface area contributed by atoms with Crippen molar-refractivity contribution in [1.82, 2.24) is 15.2 Å². The van der Waals surface area contributed by atoms with Gasteiger partial charge in [-0.2, -0.15) is 0 Å². The Bertz CT molecular complexity index is 857. The zero-order chi connectivity index (χ0) is 20.4. The van der Waals surface area contributed by atoms with Gasteiger partial charge in [-0.1, -0.05) is 30.3 Å². The predicted molar refractivity (Wildman–Crippen MR) is 111 cm³/mol. The number of pyridine rings is 1. The second-order valence-corrected chi connectivity index (χ2v) is 8.87. The number of carbonyl (C=O) groups is 1. The Morgan fingerprint density at radius 3 is 2.69 bits per heavy atom. The van der Waals surface area contributed by atoms with Crippen LogP contribution in [0.1, 0.15) is 37.5 Å². The van der Waals surface area contributed by atoms with E-state index in [1.807, 2.05) is 33.0 Å². The number of aromatic nitrogens is 1. The first kappa shape index (κ1) is 19.7. The Labute approximate surface area is 172 Å². The van der Waals surface area contributed by atoms with E-state index in [9.17, 15) is 4.79 Å². The lowest BCUT2D eigenvalue weighted by Gasteiger charge is -2.40. The van der Waals surface area contributed by atoms with E-state index >= 15 is 0 Å². The minimum atomic E-state index is -0.480. The number of hydrogen-bond donors (Lipinski definition) is 1. The molecule has 1 saturated heterocycles. The van der Waals surface area contributed by atoms with E-state index in [1.165, 1.54) is 16.7 Å². The fraction of sp³-hybridized carbons (Fsp3) is 0.478. The molecule has 6 nitrogen and oxygen atoms in total. The van der Waals surface area contributed by atoms with Crippen molar-refractivity contribution in [2.45, 2.75) is 57.9 Å². The molecule has 1 aromatic carbocycles. The summed E-state index contributed by atoms with van der Waals surface area (Å²) in [5.41, 5.74) is 3.27. The van der Waals surface area contributed by atoms with Gasteiger partial charge in [-0.15, -0.1) is 0 Å². The van der Waals surface area contributed by atoms with Gasteiger partial charge in [0.15, 0.2) is 0 Å². The summed E-state index contributed by atoms with van der Waals surface area (Å²) in [5.74, 6) is 0.843. The molecule has 1 N–H and O–H groups in total. The van der Waals surface area contributed by atoms with Gasteiger partial charge in [0.25, 0.3) is 0 Å². The Morgan fingerprint density at radius 1 is 1.21 bits per heavy atom. The van der Waals surface area contributed by atoms with E-state index in [2.05, 4.69) is 34.6 Å². The summed E-state index contributed by atoms with van der Waals surface area (Å²) in [6.45, 7) is 7.52. The lowest BCUT2D eigenvalue weighted by Crippen LogP contribution is -2.57. The van der Waals surface area contributed by atoms with Crippen LogP contribution in [0.15, 0.2) is 42.7 Å². The van der Waals surface area contributed by atoms with Crippen molar-refractivity contribution in [3.05, 3.63) is 59.4 Å². The number of likely N-dealkylation sites (tertiary alicyclic amines) is 1. The predicted octanol–water partition coefficient (Wildman–Crippen LogP) is 3.34. The standard InChI is InChI=1S/C23H29N3O3/c1-23(2,3)29-22(27)26-14-19(15-26)28-21-13-24-11-17-12-25-18(10-20(17)21)9-16-7-5-4-6-8-16/h4-8,11,13,18-19,25H,9-10,12,14-15H2,1-3H3.